The van der Waals surface area contributed by atoms with Crippen LogP contribution in [-0.2, 0) is 11.2 Å². The lowest BCUT2D eigenvalue weighted by atomic mass is 9.43. The minimum absolute atomic E-state index is 0.194. The average molecular weight is 635 g/mol. The second kappa shape index (κ2) is 14.2. The van der Waals surface area contributed by atoms with Gasteiger partial charge in [-0.25, -0.2) is 4.98 Å². The zero-order valence-electron chi connectivity index (χ0n) is 28.0. The van der Waals surface area contributed by atoms with Crippen LogP contribution in [0.3, 0.4) is 0 Å². The molecule has 4 aromatic rings. The summed E-state index contributed by atoms with van der Waals surface area (Å²) in [6.07, 6.45) is 11.5. The molecule has 8 nitrogen and oxygen atoms in total. The third kappa shape index (κ3) is 7.09. The maximum atomic E-state index is 12.2. The van der Waals surface area contributed by atoms with E-state index in [1.54, 1.807) is 0 Å². The van der Waals surface area contributed by atoms with E-state index in [9.17, 15) is 9.90 Å². The predicted molar refractivity (Wildman–Crippen MR) is 189 cm³/mol. The third-order valence-electron chi connectivity index (χ3n) is 10.8. The number of aryl methyl sites for hydroxylation is 2. The number of carbonyl (C=O) groups is 1. The van der Waals surface area contributed by atoms with Crippen LogP contribution in [0, 0.1) is 18.3 Å². The quantitative estimate of drug-likeness (QED) is 0.150. The SMILES string of the molecule is Cc1nn2c(N3CCN(CCO)CC3)cc(-c3cccc(CCCCCCCNC(=O)CC45CC(C4)C5)c3)nc2c1-c1ccccc1. The van der Waals surface area contributed by atoms with Crippen LogP contribution < -0.4 is 10.2 Å². The monoisotopic (exact) mass is 634 g/mol. The molecule has 3 heterocycles. The molecule has 47 heavy (non-hydrogen) atoms. The summed E-state index contributed by atoms with van der Waals surface area (Å²) in [6.45, 7) is 7.40. The molecule has 0 atom stereocenters. The van der Waals surface area contributed by atoms with E-state index in [1.807, 2.05) is 10.6 Å². The van der Waals surface area contributed by atoms with E-state index in [-0.39, 0.29) is 12.5 Å². The first-order valence-electron chi connectivity index (χ1n) is 17.9. The topological polar surface area (TPSA) is 86.0 Å². The number of fused-ring (bicyclic) bond motifs is 1. The molecular weight excluding hydrogens is 584 g/mol. The molecule has 8 rings (SSSR count). The minimum Gasteiger partial charge on any atom is -0.395 e. The summed E-state index contributed by atoms with van der Waals surface area (Å²) >= 11 is 0. The van der Waals surface area contributed by atoms with E-state index in [4.69, 9.17) is 10.1 Å². The van der Waals surface area contributed by atoms with Gasteiger partial charge >= 0.3 is 0 Å². The fraction of sp³-hybridized carbons (Fsp3) is 0.513. The second-order valence-corrected chi connectivity index (χ2v) is 14.3. The molecule has 2 bridgehead atoms. The van der Waals surface area contributed by atoms with Gasteiger partial charge in [0.05, 0.1) is 18.0 Å². The highest BCUT2D eigenvalue weighted by Crippen LogP contribution is 2.66. The fourth-order valence-electron chi connectivity index (χ4n) is 8.14. The number of anilines is 1. The Bertz CT molecular complexity index is 1660. The molecule has 2 aromatic carbocycles. The van der Waals surface area contributed by atoms with Crippen molar-refractivity contribution >= 4 is 17.4 Å². The van der Waals surface area contributed by atoms with Crippen molar-refractivity contribution in [3.8, 4) is 22.4 Å². The molecule has 8 heteroatoms. The molecule has 0 unspecified atom stereocenters. The average Bonchev–Trinajstić information content (AvgIpc) is 3.39. The van der Waals surface area contributed by atoms with Crippen molar-refractivity contribution < 1.29 is 9.90 Å². The smallest absolute Gasteiger partial charge is 0.220 e. The van der Waals surface area contributed by atoms with E-state index in [0.29, 0.717) is 5.41 Å². The number of amides is 1. The number of hydrogen-bond donors (Lipinski definition) is 2. The number of aromatic nitrogens is 3. The molecule has 1 amide bonds. The van der Waals surface area contributed by atoms with Crippen molar-refractivity contribution in [3.63, 3.8) is 0 Å². The van der Waals surface area contributed by atoms with Crippen LogP contribution in [0.5, 0.6) is 0 Å². The number of β-amino-alcohol motifs (C(OH)–C–C–N with tert-alkyl or cyclic N) is 1. The Morgan fingerprint density at radius 3 is 2.40 bits per heavy atom. The van der Waals surface area contributed by atoms with Gasteiger partial charge in [-0.1, -0.05) is 67.8 Å². The van der Waals surface area contributed by atoms with Crippen molar-refractivity contribution in [2.75, 3.05) is 50.8 Å². The highest BCUT2D eigenvalue weighted by Gasteiger charge is 2.56. The van der Waals surface area contributed by atoms with Gasteiger partial charge in [-0.2, -0.15) is 9.61 Å². The number of nitrogens with one attached hydrogen (secondary N) is 1. The van der Waals surface area contributed by atoms with Gasteiger partial charge in [0.15, 0.2) is 5.65 Å². The van der Waals surface area contributed by atoms with Crippen LogP contribution in [0.1, 0.15) is 69.0 Å². The number of carbonyl (C=O) groups excluding carboxylic acids is 1. The Labute approximate surface area is 279 Å². The molecule has 0 radical (unpaired) electrons. The Morgan fingerprint density at radius 1 is 0.915 bits per heavy atom. The zero-order valence-corrected chi connectivity index (χ0v) is 28.0. The molecule has 4 fully saturated rings. The molecule has 1 saturated heterocycles. The first-order chi connectivity index (χ1) is 23.0. The van der Waals surface area contributed by atoms with Crippen LogP contribution in [-0.4, -0.2) is 76.4 Å². The molecule has 4 aliphatic rings. The van der Waals surface area contributed by atoms with Crippen molar-refractivity contribution in [1.29, 1.82) is 0 Å². The van der Waals surface area contributed by atoms with E-state index >= 15 is 0 Å². The Balaban J connectivity index is 1.00. The number of hydrogen-bond acceptors (Lipinski definition) is 6. The van der Waals surface area contributed by atoms with Crippen LogP contribution in [0.25, 0.3) is 28.0 Å². The number of aliphatic hydroxyl groups is 1. The van der Waals surface area contributed by atoms with Gasteiger partial charge < -0.3 is 15.3 Å². The summed E-state index contributed by atoms with van der Waals surface area (Å²) in [5, 5.41) is 17.6. The van der Waals surface area contributed by atoms with Crippen LogP contribution in [0.2, 0.25) is 0 Å². The first-order valence-corrected chi connectivity index (χ1v) is 17.9. The zero-order chi connectivity index (χ0) is 32.2. The summed E-state index contributed by atoms with van der Waals surface area (Å²) < 4.78 is 2.04. The largest absolute Gasteiger partial charge is 0.395 e. The summed E-state index contributed by atoms with van der Waals surface area (Å²) in [5.74, 6) is 2.28. The standard InChI is InChI=1S/C39H50N6O2/c1-29-37(32-13-7-5-8-14-32)38-41-34(24-36(45(38)42-29)44-19-17-43(18-20-44)21-22-46)33-15-10-12-30(23-33)11-6-3-2-4-9-16-40-35(47)28-39-25-31(26-39)27-39/h5,7-8,10,12-15,23-24,31,46H,2-4,6,9,11,16-22,25-28H2,1H3,(H,40,47). The van der Waals surface area contributed by atoms with Gasteiger partial charge in [-0.3, -0.25) is 9.69 Å². The maximum Gasteiger partial charge on any atom is 0.220 e. The van der Waals surface area contributed by atoms with Gasteiger partial charge in [0.1, 0.15) is 5.82 Å². The van der Waals surface area contributed by atoms with Crippen molar-refractivity contribution in [2.24, 2.45) is 11.3 Å². The van der Waals surface area contributed by atoms with E-state index in [2.05, 4.69) is 76.6 Å². The normalized spacial score (nSPS) is 20.6. The van der Waals surface area contributed by atoms with Gasteiger partial charge in [-0.05, 0) is 74.0 Å². The molecule has 3 saturated carbocycles. The van der Waals surface area contributed by atoms with E-state index in [1.165, 1.54) is 44.1 Å². The lowest BCUT2D eigenvalue weighted by Gasteiger charge is -2.61. The lowest BCUT2D eigenvalue weighted by Crippen LogP contribution is -2.53. The lowest BCUT2D eigenvalue weighted by molar-refractivity contribution is -0.144. The van der Waals surface area contributed by atoms with Gasteiger partial charge in [-0.15, -0.1) is 0 Å². The number of aliphatic hydroxyl groups excluding tert-OH is 1. The number of rotatable bonds is 15. The fourth-order valence-corrected chi connectivity index (χ4v) is 8.14. The molecule has 2 N–H and O–H groups in total. The Kier molecular flexibility index (Phi) is 9.59. The molecular formula is C39H50N6O2. The van der Waals surface area contributed by atoms with Crippen molar-refractivity contribution in [1.82, 2.24) is 24.8 Å². The third-order valence-corrected chi connectivity index (χ3v) is 10.8. The molecule has 1 aliphatic heterocycles. The van der Waals surface area contributed by atoms with Gasteiger partial charge in [0.2, 0.25) is 5.91 Å². The second-order valence-electron chi connectivity index (χ2n) is 14.3. The predicted octanol–water partition coefficient (Wildman–Crippen LogP) is 6.29. The maximum absolute atomic E-state index is 12.2. The summed E-state index contributed by atoms with van der Waals surface area (Å²) in [4.78, 5) is 22.2. The summed E-state index contributed by atoms with van der Waals surface area (Å²) in [6, 6.07) is 21.6. The summed E-state index contributed by atoms with van der Waals surface area (Å²) in [5.41, 5.74) is 7.93. The Hall–Kier alpha value is -3.75. The Morgan fingerprint density at radius 2 is 1.66 bits per heavy atom. The van der Waals surface area contributed by atoms with Crippen LogP contribution in [0.15, 0.2) is 60.7 Å². The van der Waals surface area contributed by atoms with Crippen molar-refractivity contribution in [3.05, 3.63) is 71.9 Å². The number of unbranched alkanes of at least 4 members (excludes halogenated alkanes) is 4. The molecule has 3 aliphatic carbocycles. The van der Waals surface area contributed by atoms with Crippen LogP contribution in [0.4, 0.5) is 5.82 Å². The van der Waals surface area contributed by atoms with E-state index in [0.717, 1.165) is 110 Å². The molecule has 248 valence electrons. The minimum atomic E-state index is 0.194. The van der Waals surface area contributed by atoms with Gasteiger partial charge in [0.25, 0.3) is 0 Å². The van der Waals surface area contributed by atoms with E-state index < -0.39 is 0 Å². The van der Waals surface area contributed by atoms with Gasteiger partial charge in [0, 0.05) is 62.9 Å². The number of piperazine rings is 1. The number of nitrogens with zero attached hydrogens (tertiary/aromatic N) is 5. The number of benzene rings is 2. The highest BCUT2D eigenvalue weighted by atomic mass is 16.3. The first kappa shape index (κ1) is 31.8. The highest BCUT2D eigenvalue weighted by molar-refractivity contribution is 5.83. The van der Waals surface area contributed by atoms with Crippen molar-refractivity contribution in [2.45, 2.75) is 71.1 Å². The summed E-state index contributed by atoms with van der Waals surface area (Å²) in [7, 11) is 0. The van der Waals surface area contributed by atoms with Crippen LogP contribution >= 0.6 is 0 Å². The molecule has 0 spiro atoms. The molecule has 2 aromatic heterocycles.